The Balaban J connectivity index is 3.07. The van der Waals surface area contributed by atoms with Gasteiger partial charge in [0.25, 0.3) is 0 Å². The molecular formula is C20H30Cl2N2O4. The van der Waals surface area contributed by atoms with Crippen molar-refractivity contribution in [1.29, 1.82) is 0 Å². The Kier molecular flexibility index (Phi) is 10.1. The molecular weight excluding hydrogens is 403 g/mol. The summed E-state index contributed by atoms with van der Waals surface area (Å²) in [5.74, 6) is -0.337. The average molecular weight is 433 g/mol. The Morgan fingerprint density at radius 1 is 1.21 bits per heavy atom. The third kappa shape index (κ3) is 8.25. The summed E-state index contributed by atoms with van der Waals surface area (Å²) in [4.78, 5) is 27.1. The van der Waals surface area contributed by atoms with Gasteiger partial charge in [0.1, 0.15) is 11.6 Å². The molecule has 8 heteroatoms. The normalized spacial score (nSPS) is 12.4. The van der Waals surface area contributed by atoms with E-state index >= 15 is 0 Å². The highest BCUT2D eigenvalue weighted by atomic mass is 35.5. The van der Waals surface area contributed by atoms with Gasteiger partial charge < -0.3 is 15.2 Å². The van der Waals surface area contributed by atoms with Crippen LogP contribution in [0.1, 0.15) is 53.4 Å². The second-order valence-electron chi connectivity index (χ2n) is 7.53. The van der Waals surface area contributed by atoms with Crippen molar-refractivity contribution < 1.29 is 19.4 Å². The van der Waals surface area contributed by atoms with Gasteiger partial charge in [-0.05, 0) is 51.8 Å². The third-order valence-corrected chi connectivity index (χ3v) is 4.62. The Hall–Kier alpha value is -1.50. The second-order valence-corrected chi connectivity index (χ2v) is 8.34. The van der Waals surface area contributed by atoms with E-state index in [2.05, 4.69) is 5.32 Å². The lowest BCUT2D eigenvalue weighted by Gasteiger charge is -2.33. The van der Waals surface area contributed by atoms with Crippen LogP contribution in [-0.2, 0) is 9.53 Å². The van der Waals surface area contributed by atoms with Crippen LogP contribution in [0.3, 0.4) is 0 Å². The molecule has 158 valence electrons. The summed E-state index contributed by atoms with van der Waals surface area (Å²) in [6, 6.07) is 4.08. The van der Waals surface area contributed by atoms with Crippen LogP contribution in [0.15, 0.2) is 18.2 Å². The van der Waals surface area contributed by atoms with Gasteiger partial charge in [0, 0.05) is 18.8 Å². The van der Waals surface area contributed by atoms with Crippen LogP contribution in [0.5, 0.6) is 0 Å². The van der Waals surface area contributed by atoms with E-state index in [-0.39, 0.29) is 19.1 Å². The zero-order valence-corrected chi connectivity index (χ0v) is 18.4. The summed E-state index contributed by atoms with van der Waals surface area (Å²) in [5.41, 5.74) is -0.198. The third-order valence-electron chi connectivity index (χ3n) is 3.88. The monoisotopic (exact) mass is 432 g/mol. The number of halogens is 2. The van der Waals surface area contributed by atoms with Gasteiger partial charge >= 0.3 is 6.09 Å². The molecule has 0 bridgehead atoms. The summed E-state index contributed by atoms with van der Waals surface area (Å²) in [5, 5.41) is 12.7. The summed E-state index contributed by atoms with van der Waals surface area (Å²) in [6.07, 6.45) is 1.89. The molecule has 2 amide bonds. The van der Waals surface area contributed by atoms with Crippen LogP contribution in [0.25, 0.3) is 0 Å². The molecule has 1 aromatic rings. The molecule has 0 saturated carbocycles. The number of hydrogen-bond donors (Lipinski definition) is 2. The van der Waals surface area contributed by atoms with Crippen molar-refractivity contribution in [3.63, 3.8) is 0 Å². The number of aliphatic hydroxyl groups excluding tert-OH is 1. The van der Waals surface area contributed by atoms with E-state index in [1.165, 1.54) is 4.90 Å². The maximum atomic E-state index is 13.0. The van der Waals surface area contributed by atoms with E-state index in [0.717, 1.165) is 12.8 Å². The molecule has 2 N–H and O–H groups in total. The molecule has 1 atom stereocenters. The molecule has 0 fully saturated rings. The number of ether oxygens (including phenoxy) is 1. The fraction of sp³-hybridized carbons (Fsp3) is 0.600. The molecule has 0 radical (unpaired) electrons. The van der Waals surface area contributed by atoms with Crippen LogP contribution >= 0.6 is 23.2 Å². The average Bonchev–Trinajstić information content (AvgIpc) is 2.59. The number of hydrogen-bond acceptors (Lipinski definition) is 4. The van der Waals surface area contributed by atoms with Gasteiger partial charge in [-0.15, -0.1) is 0 Å². The molecule has 0 aliphatic carbocycles. The SMILES string of the molecule is CCCCC(C(=O)Nc1ccc(Cl)c(Cl)c1)N(CCCO)C(=O)OC(C)(C)C. The van der Waals surface area contributed by atoms with Crippen molar-refractivity contribution in [2.45, 2.75) is 65.0 Å². The van der Waals surface area contributed by atoms with Crippen molar-refractivity contribution in [2.24, 2.45) is 0 Å². The maximum absolute atomic E-state index is 13.0. The minimum absolute atomic E-state index is 0.0891. The topological polar surface area (TPSA) is 78.9 Å². The number of carbonyl (C=O) groups excluding carboxylic acids is 2. The Labute approximate surface area is 177 Å². The molecule has 1 aromatic carbocycles. The number of nitrogens with one attached hydrogen (secondary N) is 1. The summed E-state index contributed by atoms with van der Waals surface area (Å²) in [6.45, 7) is 7.45. The molecule has 0 aliphatic rings. The number of unbranched alkanes of at least 4 members (excludes halogenated alkanes) is 1. The smallest absolute Gasteiger partial charge is 0.410 e. The van der Waals surface area contributed by atoms with Gasteiger partial charge in [-0.25, -0.2) is 4.79 Å². The lowest BCUT2D eigenvalue weighted by atomic mass is 10.1. The number of benzene rings is 1. The van der Waals surface area contributed by atoms with Gasteiger partial charge in [0.15, 0.2) is 0 Å². The van der Waals surface area contributed by atoms with Crippen LogP contribution in [0.4, 0.5) is 10.5 Å². The lowest BCUT2D eigenvalue weighted by molar-refractivity contribution is -0.121. The van der Waals surface area contributed by atoms with Crippen molar-refractivity contribution in [3.05, 3.63) is 28.2 Å². The zero-order valence-electron chi connectivity index (χ0n) is 16.9. The van der Waals surface area contributed by atoms with E-state index in [0.29, 0.717) is 28.6 Å². The standard InChI is InChI=1S/C20H30Cl2N2O4/c1-5-6-8-17(18(26)23-14-9-10-15(21)16(22)13-14)24(11-7-12-25)19(27)28-20(2,3)4/h9-10,13,17,25H,5-8,11-12H2,1-4H3,(H,23,26). The van der Waals surface area contributed by atoms with Crippen molar-refractivity contribution >= 4 is 40.9 Å². The van der Waals surface area contributed by atoms with Crippen LogP contribution in [-0.4, -0.2) is 46.8 Å². The minimum atomic E-state index is -0.726. The van der Waals surface area contributed by atoms with Gasteiger partial charge in [0.05, 0.1) is 10.0 Å². The van der Waals surface area contributed by atoms with Crippen LogP contribution < -0.4 is 5.32 Å². The van der Waals surface area contributed by atoms with Crippen molar-refractivity contribution in [1.82, 2.24) is 4.90 Å². The van der Waals surface area contributed by atoms with E-state index in [1.54, 1.807) is 39.0 Å². The predicted octanol–water partition coefficient (Wildman–Crippen LogP) is 5.11. The van der Waals surface area contributed by atoms with E-state index < -0.39 is 17.7 Å². The van der Waals surface area contributed by atoms with Crippen molar-refractivity contribution in [3.8, 4) is 0 Å². The number of rotatable bonds is 9. The molecule has 6 nitrogen and oxygen atoms in total. The van der Waals surface area contributed by atoms with E-state index in [9.17, 15) is 14.7 Å². The maximum Gasteiger partial charge on any atom is 0.410 e. The number of carbonyl (C=O) groups is 2. The summed E-state index contributed by atoms with van der Waals surface area (Å²) >= 11 is 11.9. The molecule has 1 rings (SSSR count). The summed E-state index contributed by atoms with van der Waals surface area (Å²) in [7, 11) is 0. The first-order chi connectivity index (χ1) is 13.1. The van der Waals surface area contributed by atoms with Crippen molar-refractivity contribution in [2.75, 3.05) is 18.5 Å². The first-order valence-corrected chi connectivity index (χ1v) is 10.2. The predicted molar refractivity (Wildman–Crippen MR) is 113 cm³/mol. The van der Waals surface area contributed by atoms with Gasteiger partial charge in [-0.2, -0.15) is 0 Å². The number of amides is 2. The van der Waals surface area contributed by atoms with Crippen LogP contribution in [0, 0.1) is 0 Å². The number of anilines is 1. The molecule has 0 saturated heterocycles. The molecule has 28 heavy (non-hydrogen) atoms. The number of aliphatic hydroxyl groups is 1. The largest absolute Gasteiger partial charge is 0.444 e. The Morgan fingerprint density at radius 3 is 2.43 bits per heavy atom. The molecule has 1 unspecified atom stereocenters. The molecule has 0 aliphatic heterocycles. The lowest BCUT2D eigenvalue weighted by Crippen LogP contribution is -2.49. The van der Waals surface area contributed by atoms with Gasteiger partial charge in [-0.3, -0.25) is 9.69 Å². The molecule has 0 aromatic heterocycles. The van der Waals surface area contributed by atoms with E-state index in [4.69, 9.17) is 27.9 Å². The summed E-state index contributed by atoms with van der Waals surface area (Å²) < 4.78 is 5.48. The van der Waals surface area contributed by atoms with Gasteiger partial charge in [0.2, 0.25) is 5.91 Å². The first kappa shape index (κ1) is 24.5. The Bertz CT molecular complexity index is 662. The van der Waals surface area contributed by atoms with Gasteiger partial charge in [-0.1, -0.05) is 43.0 Å². The zero-order chi connectivity index (χ0) is 21.3. The fourth-order valence-electron chi connectivity index (χ4n) is 2.56. The number of nitrogens with zero attached hydrogens (tertiary/aromatic N) is 1. The first-order valence-electron chi connectivity index (χ1n) is 9.45. The van der Waals surface area contributed by atoms with Crippen LogP contribution in [0.2, 0.25) is 10.0 Å². The molecule has 0 spiro atoms. The Morgan fingerprint density at radius 2 is 1.89 bits per heavy atom. The second kappa shape index (κ2) is 11.5. The quantitative estimate of drug-likeness (QED) is 0.567. The molecule has 0 heterocycles. The highest BCUT2D eigenvalue weighted by molar-refractivity contribution is 6.42. The minimum Gasteiger partial charge on any atom is -0.444 e. The fourth-order valence-corrected chi connectivity index (χ4v) is 2.86. The van der Waals surface area contributed by atoms with E-state index in [1.807, 2.05) is 6.92 Å². The highest BCUT2D eigenvalue weighted by Gasteiger charge is 2.32. The highest BCUT2D eigenvalue weighted by Crippen LogP contribution is 2.26.